The molecule has 2 rings (SSSR count). The molecule has 2 N–H and O–H groups in total. The number of ether oxygens (including phenoxy) is 1. The molecule has 2 aromatic rings. The SMILES string of the molecule is CCCCS(=O)C(c1cc(F)cc(F)c1)[C@H](CCNCc1cccc(CC)c1)NC(=O)OC. The molecule has 0 aliphatic heterocycles. The lowest BCUT2D eigenvalue weighted by Gasteiger charge is -2.28. The highest BCUT2D eigenvalue weighted by atomic mass is 32.2. The van der Waals surface area contributed by atoms with Crippen LogP contribution in [0.15, 0.2) is 42.5 Å². The van der Waals surface area contributed by atoms with Crippen LogP contribution in [0.2, 0.25) is 0 Å². The van der Waals surface area contributed by atoms with Crippen LogP contribution in [0.4, 0.5) is 13.6 Å². The number of carbonyl (C=O) groups is 1. The molecule has 0 radical (unpaired) electrons. The van der Waals surface area contributed by atoms with Crippen molar-refractivity contribution in [1.29, 1.82) is 0 Å². The molecule has 33 heavy (non-hydrogen) atoms. The lowest BCUT2D eigenvalue weighted by atomic mass is 10.0. The van der Waals surface area contributed by atoms with E-state index < -0.39 is 39.8 Å². The number of benzene rings is 2. The fourth-order valence-electron chi connectivity index (χ4n) is 3.68. The Bertz CT molecular complexity index is 906. The summed E-state index contributed by atoms with van der Waals surface area (Å²) < 4.78 is 46.0. The minimum atomic E-state index is -1.45. The van der Waals surface area contributed by atoms with Crippen molar-refractivity contribution in [2.24, 2.45) is 0 Å². The molecule has 0 aliphatic carbocycles. The van der Waals surface area contributed by atoms with Crippen molar-refractivity contribution in [3.8, 4) is 0 Å². The molecular formula is C25H34F2N2O3S. The molecule has 2 unspecified atom stereocenters. The van der Waals surface area contributed by atoms with Crippen LogP contribution in [0.3, 0.4) is 0 Å². The first-order valence-corrected chi connectivity index (χ1v) is 12.7. The highest BCUT2D eigenvalue weighted by Crippen LogP contribution is 2.28. The van der Waals surface area contributed by atoms with E-state index in [1.807, 2.05) is 19.1 Å². The Morgan fingerprint density at radius 3 is 2.42 bits per heavy atom. The Kier molecular flexibility index (Phi) is 11.5. The molecule has 1 amide bonds. The van der Waals surface area contributed by atoms with Gasteiger partial charge in [-0.3, -0.25) is 4.21 Å². The zero-order chi connectivity index (χ0) is 24.2. The minimum absolute atomic E-state index is 0.263. The molecule has 182 valence electrons. The van der Waals surface area contributed by atoms with Gasteiger partial charge in [0, 0.05) is 29.2 Å². The molecule has 3 atom stereocenters. The van der Waals surface area contributed by atoms with E-state index in [0.29, 0.717) is 31.7 Å². The van der Waals surface area contributed by atoms with E-state index in [0.717, 1.165) is 24.5 Å². The Morgan fingerprint density at radius 2 is 1.79 bits per heavy atom. The summed E-state index contributed by atoms with van der Waals surface area (Å²) in [7, 11) is -0.205. The zero-order valence-electron chi connectivity index (χ0n) is 19.5. The molecule has 0 aromatic heterocycles. The number of hydrogen-bond donors (Lipinski definition) is 2. The fourth-order valence-corrected chi connectivity index (χ4v) is 5.52. The summed E-state index contributed by atoms with van der Waals surface area (Å²) >= 11 is 0. The summed E-state index contributed by atoms with van der Waals surface area (Å²) in [6.07, 6.45) is 2.23. The molecular weight excluding hydrogens is 446 g/mol. The Hall–Kier alpha value is -2.32. The molecule has 0 fully saturated rings. The summed E-state index contributed by atoms with van der Waals surface area (Å²) in [5, 5.41) is 5.31. The maximum absolute atomic E-state index is 14.0. The van der Waals surface area contributed by atoms with Crippen molar-refractivity contribution in [3.05, 3.63) is 70.8 Å². The van der Waals surface area contributed by atoms with Crippen molar-refractivity contribution in [2.75, 3.05) is 19.4 Å². The van der Waals surface area contributed by atoms with Gasteiger partial charge in [-0.15, -0.1) is 0 Å². The average Bonchev–Trinajstić information content (AvgIpc) is 2.79. The Labute approximate surface area is 197 Å². The highest BCUT2D eigenvalue weighted by molar-refractivity contribution is 7.85. The number of unbranched alkanes of at least 4 members (excludes halogenated alkanes) is 1. The van der Waals surface area contributed by atoms with Gasteiger partial charge in [-0.05, 0) is 54.6 Å². The van der Waals surface area contributed by atoms with Crippen molar-refractivity contribution in [3.63, 3.8) is 0 Å². The molecule has 0 saturated heterocycles. The summed E-state index contributed by atoms with van der Waals surface area (Å²) in [5.74, 6) is -1.11. The molecule has 0 spiro atoms. The quantitative estimate of drug-likeness (QED) is 0.395. The maximum atomic E-state index is 14.0. The van der Waals surface area contributed by atoms with E-state index >= 15 is 0 Å². The van der Waals surface area contributed by atoms with Crippen molar-refractivity contribution in [1.82, 2.24) is 10.6 Å². The summed E-state index contributed by atoms with van der Waals surface area (Å²) in [4.78, 5) is 12.1. The van der Waals surface area contributed by atoms with Crippen LogP contribution < -0.4 is 10.6 Å². The molecule has 8 heteroatoms. The van der Waals surface area contributed by atoms with Crippen molar-refractivity contribution in [2.45, 2.75) is 57.4 Å². The molecule has 0 bridgehead atoms. The third-order valence-corrected chi connectivity index (χ3v) is 7.27. The van der Waals surface area contributed by atoms with E-state index in [9.17, 15) is 17.8 Å². The zero-order valence-corrected chi connectivity index (χ0v) is 20.4. The van der Waals surface area contributed by atoms with E-state index in [1.165, 1.54) is 24.8 Å². The van der Waals surface area contributed by atoms with Gasteiger partial charge in [0.2, 0.25) is 0 Å². The van der Waals surface area contributed by atoms with Gasteiger partial charge in [-0.2, -0.15) is 0 Å². The second-order valence-electron chi connectivity index (χ2n) is 7.94. The number of halogens is 2. The van der Waals surface area contributed by atoms with Gasteiger partial charge >= 0.3 is 6.09 Å². The molecule has 2 aromatic carbocycles. The van der Waals surface area contributed by atoms with Gasteiger partial charge in [0.1, 0.15) is 11.6 Å². The van der Waals surface area contributed by atoms with Crippen LogP contribution in [0.1, 0.15) is 55.1 Å². The number of aryl methyl sites for hydroxylation is 1. The van der Waals surface area contributed by atoms with Gasteiger partial charge in [-0.1, -0.05) is 44.5 Å². The largest absolute Gasteiger partial charge is 0.453 e. The van der Waals surface area contributed by atoms with E-state index in [-0.39, 0.29) is 5.56 Å². The maximum Gasteiger partial charge on any atom is 0.407 e. The van der Waals surface area contributed by atoms with Crippen LogP contribution in [0.5, 0.6) is 0 Å². The lowest BCUT2D eigenvalue weighted by Crippen LogP contribution is -2.43. The number of nitrogens with one attached hydrogen (secondary N) is 2. The summed E-state index contributed by atoms with van der Waals surface area (Å²) in [5.41, 5.74) is 2.65. The molecule has 5 nitrogen and oxygen atoms in total. The van der Waals surface area contributed by atoms with Gasteiger partial charge in [0.05, 0.1) is 18.4 Å². The van der Waals surface area contributed by atoms with Crippen molar-refractivity contribution < 1.29 is 22.5 Å². The van der Waals surface area contributed by atoms with Crippen molar-refractivity contribution >= 4 is 16.9 Å². The van der Waals surface area contributed by atoms with Crippen LogP contribution in [-0.4, -0.2) is 35.8 Å². The monoisotopic (exact) mass is 480 g/mol. The Morgan fingerprint density at radius 1 is 1.09 bits per heavy atom. The topological polar surface area (TPSA) is 67.4 Å². The lowest BCUT2D eigenvalue weighted by molar-refractivity contribution is 0.165. The number of hydrogen-bond acceptors (Lipinski definition) is 4. The first-order valence-electron chi connectivity index (χ1n) is 11.3. The van der Waals surface area contributed by atoms with Crippen LogP contribution in [0.25, 0.3) is 0 Å². The standard InChI is InChI=1S/C25H34F2N2O3S/c1-4-6-12-33(31)24(20-14-21(26)16-22(27)15-20)23(29-25(30)32-3)10-11-28-17-19-9-7-8-18(5-2)13-19/h7-9,13-16,23-24,28H,4-6,10-12,17H2,1-3H3,(H,29,30)/t23-,24?,33?/m0/s1. The summed E-state index contributed by atoms with van der Waals surface area (Å²) in [6.45, 7) is 5.22. The molecule has 0 aliphatic rings. The highest BCUT2D eigenvalue weighted by Gasteiger charge is 2.30. The average molecular weight is 481 g/mol. The summed E-state index contributed by atoms with van der Waals surface area (Å²) in [6, 6.07) is 10.8. The van der Waals surface area contributed by atoms with Gasteiger partial charge in [0.15, 0.2) is 0 Å². The van der Waals surface area contributed by atoms with Crippen LogP contribution in [0, 0.1) is 11.6 Å². The predicted octanol–water partition coefficient (Wildman–Crippen LogP) is 5.02. The third-order valence-electron chi connectivity index (χ3n) is 5.41. The fraction of sp³-hybridized carbons (Fsp3) is 0.480. The van der Waals surface area contributed by atoms with Gasteiger partial charge in [-0.25, -0.2) is 13.6 Å². The van der Waals surface area contributed by atoms with Crippen LogP contribution >= 0.6 is 0 Å². The number of alkyl carbamates (subject to hydrolysis) is 1. The Balaban J connectivity index is 2.20. The smallest absolute Gasteiger partial charge is 0.407 e. The van der Waals surface area contributed by atoms with E-state index in [1.54, 1.807) is 0 Å². The first kappa shape index (κ1) is 26.9. The number of methoxy groups -OCH3 is 1. The van der Waals surface area contributed by atoms with E-state index in [4.69, 9.17) is 4.74 Å². The first-order chi connectivity index (χ1) is 15.9. The van der Waals surface area contributed by atoms with Gasteiger partial charge in [0.25, 0.3) is 0 Å². The number of carbonyl (C=O) groups excluding carboxylic acids is 1. The van der Waals surface area contributed by atoms with E-state index in [2.05, 4.69) is 29.7 Å². The number of amides is 1. The van der Waals surface area contributed by atoms with Gasteiger partial charge < -0.3 is 15.4 Å². The number of rotatable bonds is 13. The molecule has 0 heterocycles. The predicted molar refractivity (Wildman–Crippen MR) is 128 cm³/mol. The third kappa shape index (κ3) is 8.85. The normalized spacial score (nSPS) is 13.8. The second-order valence-corrected chi connectivity index (χ2v) is 9.62. The second kappa shape index (κ2) is 14.1. The minimum Gasteiger partial charge on any atom is -0.453 e. The van der Waals surface area contributed by atoms with Crippen LogP contribution in [-0.2, 0) is 28.5 Å². The molecule has 0 saturated carbocycles.